The molecule has 2 aliphatic heterocycles. The number of hydrogen-bond donors (Lipinski definition) is 0. The number of nitrogens with zero attached hydrogens (tertiary/aromatic N) is 5. The van der Waals surface area contributed by atoms with Crippen LogP contribution in [0.3, 0.4) is 0 Å². The molecule has 5 heterocycles. The molecule has 3 aromatic heterocycles. The first-order chi connectivity index (χ1) is 16.8. The lowest BCUT2D eigenvalue weighted by molar-refractivity contribution is 0.254. The van der Waals surface area contributed by atoms with Gasteiger partial charge in [0.15, 0.2) is 5.82 Å². The number of aromatic nitrogens is 3. The van der Waals surface area contributed by atoms with Gasteiger partial charge >= 0.3 is 0 Å². The molecule has 0 aliphatic carbocycles. The van der Waals surface area contributed by atoms with Crippen LogP contribution in [0.4, 0.5) is 5.69 Å². The van der Waals surface area contributed by atoms with Gasteiger partial charge < -0.3 is 18.6 Å². The van der Waals surface area contributed by atoms with E-state index in [0.717, 1.165) is 80.7 Å². The lowest BCUT2D eigenvalue weighted by atomic mass is 9.94. The lowest BCUT2D eigenvalue weighted by Gasteiger charge is -2.33. The highest BCUT2D eigenvalue weighted by molar-refractivity contribution is 5.77. The van der Waals surface area contributed by atoms with Crippen LogP contribution in [0, 0.1) is 6.92 Å². The van der Waals surface area contributed by atoms with Gasteiger partial charge in [0.1, 0.15) is 17.3 Å². The summed E-state index contributed by atoms with van der Waals surface area (Å²) in [6.07, 6.45) is 6.65. The van der Waals surface area contributed by atoms with Crippen molar-refractivity contribution in [3.8, 4) is 5.69 Å². The zero-order chi connectivity index (χ0) is 22.9. The highest BCUT2D eigenvalue weighted by Gasteiger charge is 2.25. The number of para-hydroxylation sites is 2. The van der Waals surface area contributed by atoms with Crippen LogP contribution in [0.5, 0.6) is 0 Å². The topological polar surface area (TPSA) is 63.5 Å². The molecule has 0 amide bonds. The Morgan fingerprint density at radius 3 is 2.24 bits per heavy atom. The van der Waals surface area contributed by atoms with Crippen LogP contribution in [-0.2, 0) is 6.54 Å². The molecule has 0 N–H and O–H groups in total. The number of furan rings is 2. The van der Waals surface area contributed by atoms with Crippen molar-refractivity contribution in [3.05, 3.63) is 89.8 Å². The number of fused-ring (bicyclic) bond motifs is 3. The fourth-order valence-corrected chi connectivity index (χ4v) is 5.29. The van der Waals surface area contributed by atoms with Crippen LogP contribution >= 0.6 is 0 Å². The summed E-state index contributed by atoms with van der Waals surface area (Å²) in [6.45, 7) is 7.04. The van der Waals surface area contributed by atoms with Crippen molar-refractivity contribution in [1.82, 2.24) is 19.7 Å². The molecule has 0 spiro atoms. The SMILES string of the molecule is Cc1nnc2n1-c1ccccc1N(CCCN1CCC(=C(c3ccco3)c3ccco3)CC1)C2. The maximum absolute atomic E-state index is 5.74. The normalized spacial score (nSPS) is 15.9. The van der Waals surface area contributed by atoms with Crippen molar-refractivity contribution in [3.63, 3.8) is 0 Å². The monoisotopic (exact) mass is 455 g/mol. The van der Waals surface area contributed by atoms with E-state index >= 15 is 0 Å². The zero-order valence-corrected chi connectivity index (χ0v) is 19.5. The van der Waals surface area contributed by atoms with Gasteiger partial charge in [-0.1, -0.05) is 17.7 Å². The number of piperidine rings is 1. The predicted molar refractivity (Wildman–Crippen MR) is 131 cm³/mol. The zero-order valence-electron chi connectivity index (χ0n) is 19.5. The molecule has 1 fully saturated rings. The van der Waals surface area contributed by atoms with E-state index in [1.54, 1.807) is 12.5 Å². The third-order valence-corrected chi connectivity index (χ3v) is 6.94. The van der Waals surface area contributed by atoms with Gasteiger partial charge in [0.2, 0.25) is 0 Å². The van der Waals surface area contributed by atoms with Crippen LogP contribution in [0.2, 0.25) is 0 Å². The van der Waals surface area contributed by atoms with E-state index in [4.69, 9.17) is 8.83 Å². The van der Waals surface area contributed by atoms with E-state index in [1.165, 1.54) is 16.9 Å². The summed E-state index contributed by atoms with van der Waals surface area (Å²) in [5, 5.41) is 8.71. The molecular weight excluding hydrogens is 426 g/mol. The highest BCUT2D eigenvalue weighted by Crippen LogP contribution is 2.34. The number of aryl methyl sites for hydroxylation is 1. The second kappa shape index (κ2) is 8.99. The summed E-state index contributed by atoms with van der Waals surface area (Å²) < 4.78 is 13.7. The largest absolute Gasteiger partial charge is 0.464 e. The van der Waals surface area contributed by atoms with Crippen molar-refractivity contribution in [2.75, 3.05) is 31.1 Å². The minimum atomic E-state index is 0.806. The molecular formula is C27H29N5O2. The second-order valence-electron chi connectivity index (χ2n) is 9.04. The quantitative estimate of drug-likeness (QED) is 0.405. The molecule has 6 rings (SSSR count). The minimum Gasteiger partial charge on any atom is -0.464 e. The summed E-state index contributed by atoms with van der Waals surface area (Å²) in [4.78, 5) is 5.02. The van der Waals surface area contributed by atoms with Gasteiger partial charge in [-0.2, -0.15) is 0 Å². The first-order valence-electron chi connectivity index (χ1n) is 12.1. The molecule has 0 unspecified atom stereocenters. The average Bonchev–Trinajstić information content (AvgIpc) is 3.64. The van der Waals surface area contributed by atoms with Gasteiger partial charge in [-0.05, 0) is 69.1 Å². The van der Waals surface area contributed by atoms with Crippen LogP contribution in [0.1, 0.15) is 42.4 Å². The van der Waals surface area contributed by atoms with Crippen LogP contribution < -0.4 is 4.90 Å². The second-order valence-corrected chi connectivity index (χ2v) is 9.04. The molecule has 7 nitrogen and oxygen atoms in total. The number of anilines is 1. The Hall–Kier alpha value is -3.58. The molecule has 34 heavy (non-hydrogen) atoms. The van der Waals surface area contributed by atoms with Crippen LogP contribution in [0.25, 0.3) is 11.3 Å². The average molecular weight is 456 g/mol. The number of benzene rings is 1. The van der Waals surface area contributed by atoms with Gasteiger partial charge in [-0.3, -0.25) is 4.57 Å². The lowest BCUT2D eigenvalue weighted by Crippen LogP contribution is -2.35. The molecule has 0 saturated carbocycles. The summed E-state index contributed by atoms with van der Waals surface area (Å²) >= 11 is 0. The maximum atomic E-state index is 5.74. The summed E-state index contributed by atoms with van der Waals surface area (Å²) in [7, 11) is 0. The molecule has 1 aromatic carbocycles. The Balaban J connectivity index is 1.09. The number of hydrogen-bond acceptors (Lipinski definition) is 6. The highest BCUT2D eigenvalue weighted by atomic mass is 16.3. The van der Waals surface area contributed by atoms with Crippen molar-refractivity contribution in [1.29, 1.82) is 0 Å². The molecule has 174 valence electrons. The molecule has 4 aromatic rings. The van der Waals surface area contributed by atoms with E-state index in [2.05, 4.69) is 48.8 Å². The van der Waals surface area contributed by atoms with Crippen molar-refractivity contribution < 1.29 is 8.83 Å². The Morgan fingerprint density at radius 2 is 1.56 bits per heavy atom. The summed E-state index contributed by atoms with van der Waals surface area (Å²) in [5.74, 6) is 3.76. The van der Waals surface area contributed by atoms with E-state index in [-0.39, 0.29) is 0 Å². The Labute approximate surface area is 199 Å². The number of likely N-dealkylation sites (tertiary alicyclic amines) is 1. The van der Waals surface area contributed by atoms with Gasteiger partial charge in [0, 0.05) is 19.6 Å². The maximum Gasteiger partial charge on any atom is 0.157 e. The van der Waals surface area contributed by atoms with E-state index < -0.39 is 0 Å². The Kier molecular flexibility index (Phi) is 5.55. The summed E-state index contributed by atoms with van der Waals surface area (Å²) in [6, 6.07) is 16.5. The number of rotatable bonds is 6. The van der Waals surface area contributed by atoms with Crippen molar-refractivity contribution >= 4 is 11.3 Å². The molecule has 2 aliphatic rings. The van der Waals surface area contributed by atoms with E-state index in [9.17, 15) is 0 Å². The third kappa shape index (κ3) is 3.86. The predicted octanol–water partition coefficient (Wildman–Crippen LogP) is 5.07. The smallest absolute Gasteiger partial charge is 0.157 e. The first kappa shape index (κ1) is 21.0. The first-order valence-corrected chi connectivity index (χ1v) is 12.1. The van der Waals surface area contributed by atoms with Gasteiger partial charge in [-0.25, -0.2) is 0 Å². The molecule has 1 saturated heterocycles. The van der Waals surface area contributed by atoms with Gasteiger partial charge in [0.05, 0.1) is 36.0 Å². The molecule has 0 atom stereocenters. The fourth-order valence-electron chi connectivity index (χ4n) is 5.29. The molecule has 0 bridgehead atoms. The van der Waals surface area contributed by atoms with E-state index in [1.807, 2.05) is 31.2 Å². The minimum absolute atomic E-state index is 0.806. The Morgan fingerprint density at radius 1 is 0.853 bits per heavy atom. The van der Waals surface area contributed by atoms with Gasteiger partial charge in [0.25, 0.3) is 0 Å². The summed E-state index contributed by atoms with van der Waals surface area (Å²) in [5.41, 5.74) is 4.99. The van der Waals surface area contributed by atoms with E-state index in [0.29, 0.717) is 0 Å². The van der Waals surface area contributed by atoms with Crippen LogP contribution in [-0.4, -0.2) is 45.8 Å². The van der Waals surface area contributed by atoms with Crippen LogP contribution in [0.15, 0.2) is 75.5 Å². The third-order valence-electron chi connectivity index (χ3n) is 6.94. The standard InChI is InChI=1S/C27H29N5O2/c1-20-28-29-26-19-31(22-7-2-3-8-23(22)32(20)26)14-6-13-30-15-11-21(12-16-30)27(24-9-4-17-33-24)25-10-5-18-34-25/h2-5,7-10,17-18H,6,11-16,19H2,1H3. The van der Waals surface area contributed by atoms with Crippen molar-refractivity contribution in [2.24, 2.45) is 0 Å². The molecule has 7 heteroatoms. The van der Waals surface area contributed by atoms with Crippen molar-refractivity contribution in [2.45, 2.75) is 32.7 Å². The van der Waals surface area contributed by atoms with Gasteiger partial charge in [-0.15, -0.1) is 10.2 Å². The molecule has 0 radical (unpaired) electrons. The Bertz CT molecular complexity index is 1240. The fraction of sp³-hybridized carbons (Fsp3) is 0.333.